The van der Waals surface area contributed by atoms with Crippen molar-refractivity contribution in [3.63, 3.8) is 0 Å². The van der Waals surface area contributed by atoms with Crippen molar-refractivity contribution < 1.29 is 4.39 Å². The Morgan fingerprint density at radius 3 is 2.63 bits per heavy atom. The smallest absolute Gasteiger partial charge is 0.146 e. The van der Waals surface area contributed by atoms with Gasteiger partial charge in [-0.15, -0.1) is 11.3 Å². The standard InChI is InChI=1S/C14H16ClFN2S/c1-14(2,3)10-7-19-13(18-10)12(17)8-5-4-6-9(15)11(8)16/h4-7,12H,17H2,1-3H3. The molecular weight excluding hydrogens is 283 g/mol. The molecule has 0 amide bonds. The van der Waals surface area contributed by atoms with Crippen LogP contribution < -0.4 is 5.73 Å². The number of thiazole rings is 1. The number of hydrogen-bond donors (Lipinski definition) is 1. The van der Waals surface area contributed by atoms with Gasteiger partial charge in [0.15, 0.2) is 0 Å². The number of aromatic nitrogens is 1. The third kappa shape index (κ3) is 2.96. The molecule has 1 aromatic heterocycles. The number of hydrogen-bond acceptors (Lipinski definition) is 3. The van der Waals surface area contributed by atoms with Gasteiger partial charge < -0.3 is 5.73 Å². The molecule has 0 aliphatic carbocycles. The summed E-state index contributed by atoms with van der Waals surface area (Å²) in [7, 11) is 0. The molecule has 0 aliphatic heterocycles. The molecule has 0 fully saturated rings. The lowest BCUT2D eigenvalue weighted by Crippen LogP contribution is -2.16. The highest BCUT2D eigenvalue weighted by Gasteiger charge is 2.22. The van der Waals surface area contributed by atoms with Crippen molar-refractivity contribution in [2.45, 2.75) is 32.2 Å². The lowest BCUT2D eigenvalue weighted by atomic mass is 9.93. The van der Waals surface area contributed by atoms with Gasteiger partial charge in [0.05, 0.1) is 16.8 Å². The summed E-state index contributed by atoms with van der Waals surface area (Å²) in [6, 6.07) is 4.26. The highest BCUT2D eigenvalue weighted by Crippen LogP contribution is 2.31. The van der Waals surface area contributed by atoms with Gasteiger partial charge in [0, 0.05) is 16.4 Å². The quantitative estimate of drug-likeness (QED) is 0.898. The molecule has 0 saturated heterocycles. The van der Waals surface area contributed by atoms with Crippen LogP contribution in [0.3, 0.4) is 0 Å². The zero-order chi connectivity index (χ0) is 14.2. The second-order valence-electron chi connectivity index (χ2n) is 5.44. The van der Waals surface area contributed by atoms with E-state index in [1.807, 2.05) is 5.38 Å². The Hall–Kier alpha value is -0.970. The maximum absolute atomic E-state index is 13.9. The normalized spacial score (nSPS) is 13.6. The summed E-state index contributed by atoms with van der Waals surface area (Å²) in [5, 5.41) is 2.75. The molecular formula is C14H16ClFN2S. The van der Waals surface area contributed by atoms with E-state index in [1.165, 1.54) is 17.4 Å². The summed E-state index contributed by atoms with van der Waals surface area (Å²) in [5.74, 6) is -0.468. The van der Waals surface area contributed by atoms with Crippen molar-refractivity contribution in [3.8, 4) is 0 Å². The second kappa shape index (κ2) is 5.19. The van der Waals surface area contributed by atoms with Gasteiger partial charge in [-0.2, -0.15) is 0 Å². The maximum atomic E-state index is 13.9. The fourth-order valence-corrected chi connectivity index (χ4v) is 2.91. The summed E-state index contributed by atoms with van der Waals surface area (Å²) < 4.78 is 13.9. The van der Waals surface area contributed by atoms with Crippen molar-refractivity contribution in [2.75, 3.05) is 0 Å². The van der Waals surface area contributed by atoms with Gasteiger partial charge >= 0.3 is 0 Å². The first kappa shape index (κ1) is 14.4. The van der Waals surface area contributed by atoms with E-state index in [2.05, 4.69) is 25.8 Å². The van der Waals surface area contributed by atoms with Crippen molar-refractivity contribution in [3.05, 3.63) is 50.7 Å². The van der Waals surface area contributed by atoms with Crippen LogP contribution in [0.5, 0.6) is 0 Å². The van der Waals surface area contributed by atoms with Gasteiger partial charge in [0.1, 0.15) is 10.8 Å². The van der Waals surface area contributed by atoms with E-state index >= 15 is 0 Å². The second-order valence-corrected chi connectivity index (χ2v) is 6.74. The topological polar surface area (TPSA) is 38.9 Å². The molecule has 0 spiro atoms. The first-order valence-electron chi connectivity index (χ1n) is 5.96. The van der Waals surface area contributed by atoms with Crippen LogP contribution in [0.4, 0.5) is 4.39 Å². The summed E-state index contributed by atoms with van der Waals surface area (Å²) >= 11 is 7.22. The van der Waals surface area contributed by atoms with E-state index in [0.717, 1.165) is 5.69 Å². The van der Waals surface area contributed by atoms with Crippen molar-refractivity contribution in [1.82, 2.24) is 4.98 Å². The summed E-state index contributed by atoms with van der Waals surface area (Å²) in [4.78, 5) is 4.51. The van der Waals surface area contributed by atoms with Crippen LogP contribution in [0.2, 0.25) is 5.02 Å². The highest BCUT2D eigenvalue weighted by atomic mass is 35.5. The Morgan fingerprint density at radius 1 is 1.37 bits per heavy atom. The van der Waals surface area contributed by atoms with Crippen LogP contribution in [0, 0.1) is 5.82 Å². The SMILES string of the molecule is CC(C)(C)c1csc(C(N)c2cccc(Cl)c2F)n1. The Labute approximate surface area is 121 Å². The lowest BCUT2D eigenvalue weighted by molar-refractivity contribution is 0.567. The Bertz CT molecular complexity index is 589. The third-order valence-corrected chi connectivity index (χ3v) is 4.09. The molecule has 1 heterocycles. The van der Waals surface area contributed by atoms with Gasteiger partial charge in [-0.25, -0.2) is 9.37 Å². The average molecular weight is 299 g/mol. The summed E-state index contributed by atoms with van der Waals surface area (Å²) in [5.41, 5.74) is 7.39. The molecule has 0 saturated carbocycles. The van der Waals surface area contributed by atoms with Crippen LogP contribution in [-0.2, 0) is 5.41 Å². The first-order valence-corrected chi connectivity index (χ1v) is 7.22. The molecule has 0 aliphatic rings. The molecule has 1 aromatic carbocycles. The molecule has 19 heavy (non-hydrogen) atoms. The van der Waals surface area contributed by atoms with Crippen molar-refractivity contribution in [1.29, 1.82) is 0 Å². The van der Waals surface area contributed by atoms with Crippen molar-refractivity contribution >= 4 is 22.9 Å². The molecule has 2 N–H and O–H groups in total. The van der Waals surface area contributed by atoms with E-state index in [4.69, 9.17) is 17.3 Å². The lowest BCUT2D eigenvalue weighted by Gasteiger charge is -2.15. The van der Waals surface area contributed by atoms with E-state index in [9.17, 15) is 4.39 Å². The van der Waals surface area contributed by atoms with Crippen molar-refractivity contribution in [2.24, 2.45) is 5.73 Å². The number of halogens is 2. The molecule has 2 aromatic rings. The number of rotatable bonds is 2. The zero-order valence-corrected chi connectivity index (χ0v) is 12.6. The zero-order valence-electron chi connectivity index (χ0n) is 11.1. The molecule has 1 atom stereocenters. The summed E-state index contributed by atoms with van der Waals surface area (Å²) in [6.07, 6.45) is 0. The molecule has 0 radical (unpaired) electrons. The average Bonchev–Trinajstić information content (AvgIpc) is 2.81. The Kier molecular flexibility index (Phi) is 3.95. The maximum Gasteiger partial charge on any atom is 0.146 e. The minimum absolute atomic E-state index is 0.0403. The minimum Gasteiger partial charge on any atom is -0.318 e. The molecule has 1 unspecified atom stereocenters. The van der Waals surface area contributed by atoms with Gasteiger partial charge in [-0.05, 0) is 6.07 Å². The number of nitrogens with zero attached hydrogens (tertiary/aromatic N) is 1. The molecule has 0 bridgehead atoms. The van der Waals surface area contributed by atoms with Gasteiger partial charge in [-0.1, -0.05) is 44.5 Å². The minimum atomic E-state index is -0.584. The Balaban J connectivity index is 2.37. The molecule has 102 valence electrons. The monoisotopic (exact) mass is 298 g/mol. The van der Waals surface area contributed by atoms with Gasteiger partial charge in [0.25, 0.3) is 0 Å². The molecule has 5 heteroatoms. The van der Waals surface area contributed by atoms with Crippen LogP contribution in [0.1, 0.15) is 43.1 Å². The van der Waals surface area contributed by atoms with E-state index in [-0.39, 0.29) is 10.4 Å². The summed E-state index contributed by atoms with van der Waals surface area (Å²) in [6.45, 7) is 6.24. The molecule has 2 rings (SSSR count). The predicted molar refractivity (Wildman–Crippen MR) is 78.3 cm³/mol. The van der Waals surface area contributed by atoms with E-state index < -0.39 is 11.9 Å². The highest BCUT2D eigenvalue weighted by molar-refractivity contribution is 7.09. The molecule has 2 nitrogen and oxygen atoms in total. The number of benzene rings is 1. The predicted octanol–water partition coefficient (Wildman–Crippen LogP) is 4.28. The van der Waals surface area contributed by atoms with Gasteiger partial charge in [-0.3, -0.25) is 0 Å². The fourth-order valence-electron chi connectivity index (χ4n) is 1.67. The van der Waals surface area contributed by atoms with Crippen LogP contribution in [-0.4, -0.2) is 4.98 Å². The third-order valence-electron chi connectivity index (χ3n) is 2.87. The van der Waals surface area contributed by atoms with E-state index in [1.54, 1.807) is 12.1 Å². The fraction of sp³-hybridized carbons (Fsp3) is 0.357. The Morgan fingerprint density at radius 2 is 2.05 bits per heavy atom. The first-order chi connectivity index (χ1) is 8.80. The van der Waals surface area contributed by atoms with Crippen LogP contribution in [0.15, 0.2) is 23.6 Å². The van der Waals surface area contributed by atoms with Crippen LogP contribution >= 0.6 is 22.9 Å². The largest absolute Gasteiger partial charge is 0.318 e. The van der Waals surface area contributed by atoms with Gasteiger partial charge in [0.2, 0.25) is 0 Å². The van der Waals surface area contributed by atoms with E-state index in [0.29, 0.717) is 10.6 Å². The van der Waals surface area contributed by atoms with Crippen LogP contribution in [0.25, 0.3) is 0 Å². The number of nitrogens with two attached hydrogens (primary N) is 1.